The molecule has 3 heterocycles. The van der Waals surface area contributed by atoms with Gasteiger partial charge < -0.3 is 14.2 Å². The van der Waals surface area contributed by atoms with Crippen molar-refractivity contribution in [3.05, 3.63) is 41.6 Å². The van der Waals surface area contributed by atoms with Crippen LogP contribution in [0.3, 0.4) is 0 Å². The molecule has 0 spiro atoms. The molecule has 0 aliphatic carbocycles. The molecule has 0 bridgehead atoms. The van der Waals surface area contributed by atoms with Crippen molar-refractivity contribution in [2.24, 2.45) is 0 Å². The number of amides is 1. The normalized spacial score (nSPS) is 15.7. The van der Waals surface area contributed by atoms with Gasteiger partial charge in [-0.15, -0.1) is 0 Å². The summed E-state index contributed by atoms with van der Waals surface area (Å²) >= 11 is 0. The predicted molar refractivity (Wildman–Crippen MR) is 86.7 cm³/mol. The SMILES string of the molecule is COc1ccc(C(=O)N2CCC(n3c(C)cnc3C)CC2)cn1. The fourth-order valence-corrected chi connectivity index (χ4v) is 3.26. The Morgan fingerprint density at radius 1 is 1.17 bits per heavy atom. The molecule has 2 aromatic rings. The molecule has 3 rings (SSSR count). The fraction of sp³-hybridized carbons (Fsp3) is 0.471. The summed E-state index contributed by atoms with van der Waals surface area (Å²) in [4.78, 5) is 22.9. The van der Waals surface area contributed by atoms with Crippen LogP contribution in [-0.4, -0.2) is 45.5 Å². The number of hydrogen-bond acceptors (Lipinski definition) is 4. The van der Waals surface area contributed by atoms with E-state index in [-0.39, 0.29) is 5.91 Å². The lowest BCUT2D eigenvalue weighted by Crippen LogP contribution is -2.39. The molecule has 1 fully saturated rings. The lowest BCUT2D eigenvalue weighted by Gasteiger charge is -2.33. The second-order valence-corrected chi connectivity index (χ2v) is 5.93. The molecule has 6 nitrogen and oxygen atoms in total. The Hall–Kier alpha value is -2.37. The van der Waals surface area contributed by atoms with Gasteiger partial charge in [0.15, 0.2) is 0 Å². The third-order valence-corrected chi connectivity index (χ3v) is 4.48. The van der Waals surface area contributed by atoms with Crippen molar-refractivity contribution in [3.8, 4) is 5.88 Å². The van der Waals surface area contributed by atoms with Crippen LogP contribution in [0.5, 0.6) is 5.88 Å². The maximum absolute atomic E-state index is 12.6. The monoisotopic (exact) mass is 314 g/mol. The minimum absolute atomic E-state index is 0.0395. The van der Waals surface area contributed by atoms with Gasteiger partial charge in [-0.25, -0.2) is 9.97 Å². The number of likely N-dealkylation sites (tertiary alicyclic amines) is 1. The summed E-state index contributed by atoms with van der Waals surface area (Å²) in [6.45, 7) is 5.63. The van der Waals surface area contributed by atoms with Gasteiger partial charge >= 0.3 is 0 Å². The average molecular weight is 314 g/mol. The van der Waals surface area contributed by atoms with Gasteiger partial charge in [-0.05, 0) is 32.8 Å². The van der Waals surface area contributed by atoms with Crippen molar-refractivity contribution in [1.82, 2.24) is 19.4 Å². The van der Waals surface area contributed by atoms with Crippen LogP contribution in [0.25, 0.3) is 0 Å². The third kappa shape index (κ3) is 3.06. The first-order valence-electron chi connectivity index (χ1n) is 7.90. The zero-order valence-corrected chi connectivity index (χ0v) is 13.8. The molecule has 1 aliphatic heterocycles. The molecule has 1 aliphatic rings. The Labute approximate surface area is 136 Å². The van der Waals surface area contributed by atoms with Crippen LogP contribution in [0.15, 0.2) is 24.5 Å². The molecular weight excluding hydrogens is 292 g/mol. The molecule has 0 saturated carbocycles. The number of hydrogen-bond donors (Lipinski definition) is 0. The van der Waals surface area contributed by atoms with Gasteiger partial charge in [0.2, 0.25) is 5.88 Å². The van der Waals surface area contributed by atoms with Crippen LogP contribution in [0.2, 0.25) is 0 Å². The molecule has 6 heteroatoms. The van der Waals surface area contributed by atoms with Gasteiger partial charge in [-0.3, -0.25) is 4.79 Å². The van der Waals surface area contributed by atoms with E-state index in [0.29, 0.717) is 17.5 Å². The topological polar surface area (TPSA) is 60.2 Å². The zero-order valence-electron chi connectivity index (χ0n) is 13.8. The van der Waals surface area contributed by atoms with E-state index < -0.39 is 0 Å². The van der Waals surface area contributed by atoms with Crippen LogP contribution in [0.1, 0.15) is 40.8 Å². The maximum Gasteiger partial charge on any atom is 0.255 e. The molecular formula is C17H22N4O2. The highest BCUT2D eigenvalue weighted by Gasteiger charge is 2.26. The van der Waals surface area contributed by atoms with E-state index in [1.807, 2.05) is 18.0 Å². The van der Waals surface area contributed by atoms with Gasteiger partial charge in [0.05, 0.1) is 12.7 Å². The highest BCUT2D eigenvalue weighted by atomic mass is 16.5. The summed E-state index contributed by atoms with van der Waals surface area (Å²) in [5, 5.41) is 0. The summed E-state index contributed by atoms with van der Waals surface area (Å²) in [7, 11) is 1.56. The number of imidazole rings is 1. The highest BCUT2D eigenvalue weighted by Crippen LogP contribution is 2.26. The number of methoxy groups -OCH3 is 1. The molecule has 23 heavy (non-hydrogen) atoms. The molecule has 0 aromatic carbocycles. The minimum Gasteiger partial charge on any atom is -0.481 e. The van der Waals surface area contributed by atoms with Crippen LogP contribution in [0, 0.1) is 13.8 Å². The Balaban J connectivity index is 1.65. The fourth-order valence-electron chi connectivity index (χ4n) is 3.26. The van der Waals surface area contributed by atoms with Gasteiger partial charge in [-0.1, -0.05) is 0 Å². The number of carbonyl (C=O) groups is 1. The number of aromatic nitrogens is 3. The van der Waals surface area contributed by atoms with E-state index in [1.54, 1.807) is 25.4 Å². The van der Waals surface area contributed by atoms with Crippen molar-refractivity contribution >= 4 is 5.91 Å². The first-order valence-corrected chi connectivity index (χ1v) is 7.90. The Morgan fingerprint density at radius 3 is 2.43 bits per heavy atom. The van der Waals surface area contributed by atoms with Crippen molar-refractivity contribution in [2.75, 3.05) is 20.2 Å². The Kier molecular flexibility index (Phi) is 4.32. The molecule has 0 radical (unpaired) electrons. The van der Waals surface area contributed by atoms with Crippen LogP contribution >= 0.6 is 0 Å². The van der Waals surface area contributed by atoms with Crippen LogP contribution < -0.4 is 4.74 Å². The van der Waals surface area contributed by atoms with Crippen LogP contribution in [-0.2, 0) is 0 Å². The molecule has 122 valence electrons. The average Bonchev–Trinajstić information content (AvgIpc) is 2.93. The van der Waals surface area contributed by atoms with Gasteiger partial charge in [0, 0.05) is 43.3 Å². The predicted octanol–water partition coefficient (Wildman–Crippen LogP) is 2.38. The lowest BCUT2D eigenvalue weighted by atomic mass is 10.0. The van der Waals surface area contributed by atoms with Gasteiger partial charge in [-0.2, -0.15) is 0 Å². The van der Waals surface area contributed by atoms with E-state index >= 15 is 0 Å². The Bertz CT molecular complexity index is 666. The number of ether oxygens (including phenoxy) is 1. The number of piperidine rings is 1. The Morgan fingerprint density at radius 2 is 1.91 bits per heavy atom. The molecule has 2 aromatic heterocycles. The summed E-state index contributed by atoms with van der Waals surface area (Å²) in [6.07, 6.45) is 5.40. The maximum atomic E-state index is 12.6. The summed E-state index contributed by atoms with van der Waals surface area (Å²) in [6, 6.07) is 3.92. The standard InChI is InChI=1S/C17H22N4O2/c1-12-10-18-13(2)21(12)15-6-8-20(9-7-15)17(22)14-4-5-16(23-3)19-11-14/h4-5,10-11,15H,6-9H2,1-3H3. The first-order chi connectivity index (χ1) is 11.1. The molecule has 0 N–H and O–H groups in total. The van der Waals surface area contributed by atoms with Crippen molar-refractivity contribution < 1.29 is 9.53 Å². The number of nitrogens with zero attached hydrogens (tertiary/aromatic N) is 4. The van der Waals surface area contributed by atoms with E-state index in [9.17, 15) is 4.79 Å². The zero-order chi connectivity index (χ0) is 16.4. The number of pyridine rings is 1. The first kappa shape index (κ1) is 15.5. The largest absolute Gasteiger partial charge is 0.481 e. The van der Waals surface area contributed by atoms with Crippen molar-refractivity contribution in [1.29, 1.82) is 0 Å². The summed E-state index contributed by atoms with van der Waals surface area (Å²) in [5.74, 6) is 1.61. The number of carbonyl (C=O) groups excluding carboxylic acids is 1. The van der Waals surface area contributed by atoms with Gasteiger partial charge in [0.25, 0.3) is 5.91 Å². The third-order valence-electron chi connectivity index (χ3n) is 4.48. The van der Waals surface area contributed by atoms with Crippen LogP contribution in [0.4, 0.5) is 0 Å². The van der Waals surface area contributed by atoms with E-state index in [2.05, 4.69) is 21.5 Å². The van der Waals surface area contributed by atoms with Gasteiger partial charge in [0.1, 0.15) is 5.82 Å². The highest BCUT2D eigenvalue weighted by molar-refractivity contribution is 5.94. The smallest absolute Gasteiger partial charge is 0.255 e. The van der Waals surface area contributed by atoms with E-state index in [1.165, 1.54) is 5.69 Å². The second-order valence-electron chi connectivity index (χ2n) is 5.93. The number of rotatable bonds is 3. The molecule has 0 atom stereocenters. The van der Waals surface area contributed by atoms with E-state index in [0.717, 1.165) is 31.8 Å². The molecule has 1 amide bonds. The van der Waals surface area contributed by atoms with Crippen molar-refractivity contribution in [2.45, 2.75) is 32.7 Å². The number of aryl methyl sites for hydroxylation is 2. The lowest BCUT2D eigenvalue weighted by molar-refractivity contribution is 0.0693. The second kappa shape index (κ2) is 6.40. The quantitative estimate of drug-likeness (QED) is 0.873. The summed E-state index contributed by atoms with van der Waals surface area (Å²) < 4.78 is 7.32. The van der Waals surface area contributed by atoms with E-state index in [4.69, 9.17) is 4.74 Å². The van der Waals surface area contributed by atoms with Crippen molar-refractivity contribution in [3.63, 3.8) is 0 Å². The summed E-state index contributed by atoms with van der Waals surface area (Å²) in [5.41, 5.74) is 1.80. The minimum atomic E-state index is 0.0395. The molecule has 1 saturated heterocycles. The molecule has 0 unspecified atom stereocenters.